The number of hydrogen-bond donors (Lipinski definition) is 1. The number of carboxylic acids is 1. The molecule has 0 amide bonds. The predicted molar refractivity (Wildman–Crippen MR) is 127 cm³/mol. The second-order valence-electron chi connectivity index (χ2n) is 7.45. The van der Waals surface area contributed by atoms with Crippen molar-refractivity contribution in [1.29, 1.82) is 0 Å². The number of fused-ring (bicyclic) bond motifs is 1. The summed E-state index contributed by atoms with van der Waals surface area (Å²) in [6, 6.07) is 37.9. The molecule has 0 fully saturated rings. The van der Waals surface area contributed by atoms with Crippen LogP contribution in [0.4, 0.5) is 0 Å². The Hall–Kier alpha value is -4.17. The highest BCUT2D eigenvalue weighted by Gasteiger charge is 2.25. The highest BCUT2D eigenvalue weighted by molar-refractivity contribution is 6.19. The molecule has 0 aliphatic carbocycles. The lowest BCUT2D eigenvalue weighted by atomic mass is 9.80. The van der Waals surface area contributed by atoms with Crippen LogP contribution >= 0.6 is 0 Å². The van der Waals surface area contributed by atoms with Crippen molar-refractivity contribution >= 4 is 16.7 Å². The summed E-state index contributed by atoms with van der Waals surface area (Å²) in [5.41, 5.74) is 6.01. The van der Waals surface area contributed by atoms with Gasteiger partial charge in [0.15, 0.2) is 0 Å². The molecule has 148 valence electrons. The molecule has 0 atom stereocenters. The van der Waals surface area contributed by atoms with Gasteiger partial charge in [-0.05, 0) is 38.6 Å². The minimum Gasteiger partial charge on any atom is -0.478 e. The second-order valence-corrected chi connectivity index (χ2v) is 7.45. The van der Waals surface area contributed by atoms with E-state index in [-0.39, 0.29) is 0 Å². The van der Waals surface area contributed by atoms with Gasteiger partial charge in [0.25, 0.3) is 0 Å². The van der Waals surface area contributed by atoms with Crippen molar-refractivity contribution in [2.24, 2.45) is 0 Å². The largest absolute Gasteiger partial charge is 0.478 e. The molecule has 0 radical (unpaired) electrons. The molecule has 0 saturated carbocycles. The molecular formula is C29H20O2. The molecule has 5 aromatic rings. The molecule has 2 heteroatoms. The number of rotatable bonds is 4. The Morgan fingerprint density at radius 2 is 0.839 bits per heavy atom. The topological polar surface area (TPSA) is 37.3 Å². The van der Waals surface area contributed by atoms with E-state index in [1.165, 1.54) is 0 Å². The van der Waals surface area contributed by atoms with Gasteiger partial charge in [-0.2, -0.15) is 0 Å². The summed E-state index contributed by atoms with van der Waals surface area (Å²) < 4.78 is 0. The Balaban J connectivity index is 2.07. The van der Waals surface area contributed by atoms with Gasteiger partial charge in [-0.25, -0.2) is 4.79 Å². The van der Waals surface area contributed by atoms with Crippen molar-refractivity contribution in [3.63, 3.8) is 0 Å². The first-order valence-corrected chi connectivity index (χ1v) is 10.2. The summed E-state index contributed by atoms with van der Waals surface area (Å²) >= 11 is 0. The zero-order valence-corrected chi connectivity index (χ0v) is 16.8. The number of hydrogen-bond acceptors (Lipinski definition) is 1. The standard InChI is InChI=1S/C29H20O2/c30-29(31)28-24-19-11-10-18-23(24)25(20-12-4-1-5-13-20)26(21-14-6-2-7-15-21)27(28)22-16-8-3-9-17-22/h1-19H,(H,30,31). The number of carbonyl (C=O) groups is 1. The summed E-state index contributed by atoms with van der Waals surface area (Å²) in [5.74, 6) is -0.924. The third-order valence-corrected chi connectivity index (χ3v) is 5.62. The molecule has 31 heavy (non-hydrogen) atoms. The van der Waals surface area contributed by atoms with Crippen molar-refractivity contribution in [2.45, 2.75) is 0 Å². The molecule has 2 nitrogen and oxygen atoms in total. The van der Waals surface area contributed by atoms with Crippen molar-refractivity contribution < 1.29 is 9.90 Å². The summed E-state index contributed by atoms with van der Waals surface area (Å²) in [6.07, 6.45) is 0. The Morgan fingerprint density at radius 1 is 0.452 bits per heavy atom. The van der Waals surface area contributed by atoms with Gasteiger partial charge < -0.3 is 5.11 Å². The van der Waals surface area contributed by atoms with Gasteiger partial charge in [0.2, 0.25) is 0 Å². The van der Waals surface area contributed by atoms with Gasteiger partial charge in [0, 0.05) is 5.56 Å². The molecule has 0 bridgehead atoms. The third kappa shape index (κ3) is 3.28. The van der Waals surface area contributed by atoms with Crippen LogP contribution in [0.1, 0.15) is 10.4 Å². The maximum atomic E-state index is 12.6. The highest BCUT2D eigenvalue weighted by Crippen LogP contribution is 2.47. The minimum atomic E-state index is -0.924. The molecule has 0 spiro atoms. The van der Waals surface area contributed by atoms with E-state index in [2.05, 4.69) is 24.3 Å². The van der Waals surface area contributed by atoms with Crippen molar-refractivity contribution in [1.82, 2.24) is 0 Å². The van der Waals surface area contributed by atoms with Crippen LogP contribution in [0.5, 0.6) is 0 Å². The van der Waals surface area contributed by atoms with Gasteiger partial charge in [-0.3, -0.25) is 0 Å². The molecule has 5 aromatic carbocycles. The smallest absolute Gasteiger partial charge is 0.336 e. The highest BCUT2D eigenvalue weighted by atomic mass is 16.4. The van der Waals surface area contributed by atoms with Crippen LogP contribution in [-0.4, -0.2) is 11.1 Å². The third-order valence-electron chi connectivity index (χ3n) is 5.62. The van der Waals surface area contributed by atoms with E-state index in [1.54, 1.807) is 0 Å². The number of benzene rings is 5. The van der Waals surface area contributed by atoms with E-state index in [0.717, 1.165) is 44.2 Å². The molecule has 0 aliphatic rings. The Kier molecular flexibility index (Phi) is 4.81. The van der Waals surface area contributed by atoms with Gasteiger partial charge in [-0.1, -0.05) is 115 Å². The molecule has 0 aromatic heterocycles. The van der Waals surface area contributed by atoms with E-state index in [9.17, 15) is 9.90 Å². The van der Waals surface area contributed by atoms with Gasteiger partial charge in [-0.15, -0.1) is 0 Å². The molecule has 0 heterocycles. The van der Waals surface area contributed by atoms with Crippen LogP contribution < -0.4 is 0 Å². The number of aromatic carboxylic acids is 1. The molecule has 0 saturated heterocycles. The lowest BCUT2D eigenvalue weighted by Crippen LogP contribution is -2.05. The fraction of sp³-hybridized carbons (Fsp3) is 0. The Bertz CT molecular complexity index is 1370. The Labute approximate surface area is 181 Å². The molecule has 1 N–H and O–H groups in total. The average molecular weight is 400 g/mol. The molecular weight excluding hydrogens is 380 g/mol. The zero-order chi connectivity index (χ0) is 21.2. The quantitative estimate of drug-likeness (QED) is 0.338. The molecule has 0 aliphatic heterocycles. The predicted octanol–water partition coefficient (Wildman–Crippen LogP) is 7.54. The van der Waals surface area contributed by atoms with Crippen molar-refractivity contribution in [3.8, 4) is 33.4 Å². The van der Waals surface area contributed by atoms with Crippen LogP contribution in [0, 0.1) is 0 Å². The van der Waals surface area contributed by atoms with Crippen LogP contribution in [0.15, 0.2) is 115 Å². The maximum Gasteiger partial charge on any atom is 0.336 e. The van der Waals surface area contributed by atoms with E-state index in [0.29, 0.717) is 5.56 Å². The SMILES string of the molecule is O=C(O)c1c(-c2ccccc2)c(-c2ccccc2)c(-c2ccccc2)c2ccccc12. The minimum absolute atomic E-state index is 0.334. The summed E-state index contributed by atoms with van der Waals surface area (Å²) in [6.45, 7) is 0. The Morgan fingerprint density at radius 3 is 1.32 bits per heavy atom. The van der Waals surface area contributed by atoms with Gasteiger partial charge in [0.1, 0.15) is 0 Å². The van der Waals surface area contributed by atoms with Crippen molar-refractivity contribution in [2.75, 3.05) is 0 Å². The zero-order valence-electron chi connectivity index (χ0n) is 16.8. The van der Waals surface area contributed by atoms with E-state index < -0.39 is 5.97 Å². The fourth-order valence-corrected chi connectivity index (χ4v) is 4.35. The summed E-state index contributed by atoms with van der Waals surface area (Å²) in [5, 5.41) is 12.0. The molecule has 5 rings (SSSR count). The van der Waals surface area contributed by atoms with E-state index in [4.69, 9.17) is 0 Å². The lowest BCUT2D eigenvalue weighted by molar-refractivity contribution is 0.0700. The second kappa shape index (κ2) is 7.92. The average Bonchev–Trinajstić information content (AvgIpc) is 2.84. The monoisotopic (exact) mass is 400 g/mol. The van der Waals surface area contributed by atoms with E-state index in [1.807, 2.05) is 91.0 Å². The first-order valence-electron chi connectivity index (χ1n) is 10.2. The summed E-state index contributed by atoms with van der Waals surface area (Å²) in [7, 11) is 0. The summed E-state index contributed by atoms with van der Waals surface area (Å²) in [4.78, 5) is 12.6. The molecule has 0 unspecified atom stereocenters. The van der Waals surface area contributed by atoms with Gasteiger partial charge in [0.05, 0.1) is 5.56 Å². The normalized spacial score (nSPS) is 10.8. The van der Waals surface area contributed by atoms with Crippen LogP contribution in [0.25, 0.3) is 44.2 Å². The van der Waals surface area contributed by atoms with Crippen LogP contribution in [-0.2, 0) is 0 Å². The van der Waals surface area contributed by atoms with Crippen molar-refractivity contribution in [3.05, 3.63) is 121 Å². The first kappa shape index (κ1) is 18.8. The fourth-order valence-electron chi connectivity index (χ4n) is 4.35. The number of carboxylic acid groups (broad SMARTS) is 1. The van der Waals surface area contributed by atoms with E-state index >= 15 is 0 Å². The van der Waals surface area contributed by atoms with Gasteiger partial charge >= 0.3 is 5.97 Å². The lowest BCUT2D eigenvalue weighted by Gasteiger charge is -2.22. The first-order chi connectivity index (χ1) is 15.3. The van der Waals surface area contributed by atoms with Crippen LogP contribution in [0.2, 0.25) is 0 Å². The van der Waals surface area contributed by atoms with Crippen LogP contribution in [0.3, 0.4) is 0 Å². The maximum absolute atomic E-state index is 12.6.